The molecule has 0 spiro atoms. The molecule has 0 saturated heterocycles. The van der Waals surface area contributed by atoms with Crippen LogP contribution in [-0.2, 0) is 4.79 Å². The molecule has 4 heteroatoms. The number of hydrogen-bond donors (Lipinski definition) is 1. The van der Waals surface area contributed by atoms with Crippen LogP contribution in [0.3, 0.4) is 0 Å². The highest BCUT2D eigenvalue weighted by atomic mass is 19.1. The van der Waals surface area contributed by atoms with E-state index >= 15 is 0 Å². The van der Waals surface area contributed by atoms with Crippen molar-refractivity contribution < 1.29 is 13.6 Å². The van der Waals surface area contributed by atoms with Crippen molar-refractivity contribution in [2.75, 3.05) is 5.32 Å². The van der Waals surface area contributed by atoms with Crippen molar-refractivity contribution in [3.05, 3.63) is 71.8 Å². The summed E-state index contributed by atoms with van der Waals surface area (Å²) >= 11 is 0. The smallest absolute Gasteiger partial charge is 0.248 e. The Bertz CT molecular complexity index is 589. The highest BCUT2D eigenvalue weighted by Gasteiger charge is 1.98. The quantitative estimate of drug-likeness (QED) is 0.838. The number of amides is 1. The van der Waals surface area contributed by atoms with E-state index in [2.05, 4.69) is 5.32 Å². The van der Waals surface area contributed by atoms with Gasteiger partial charge in [0.25, 0.3) is 0 Å². The first kappa shape index (κ1) is 13.0. The molecule has 0 aliphatic carbocycles. The lowest BCUT2D eigenvalue weighted by Crippen LogP contribution is -2.07. The summed E-state index contributed by atoms with van der Waals surface area (Å²) in [7, 11) is 0. The molecule has 0 bridgehead atoms. The van der Waals surface area contributed by atoms with Crippen LogP contribution >= 0.6 is 0 Å². The van der Waals surface area contributed by atoms with Gasteiger partial charge in [-0.2, -0.15) is 0 Å². The molecule has 2 rings (SSSR count). The lowest BCUT2D eigenvalue weighted by atomic mass is 10.2. The van der Waals surface area contributed by atoms with Crippen molar-refractivity contribution in [3.63, 3.8) is 0 Å². The summed E-state index contributed by atoms with van der Waals surface area (Å²) < 4.78 is 25.3. The predicted octanol–water partition coefficient (Wildman–Crippen LogP) is 3.62. The Hall–Kier alpha value is -2.49. The Balaban J connectivity index is 1.97. The van der Waals surface area contributed by atoms with Crippen molar-refractivity contribution in [1.29, 1.82) is 0 Å². The van der Waals surface area contributed by atoms with Crippen LogP contribution in [-0.4, -0.2) is 5.91 Å². The lowest BCUT2D eigenvalue weighted by molar-refractivity contribution is -0.111. The minimum atomic E-state index is -0.361. The van der Waals surface area contributed by atoms with Crippen LogP contribution in [0, 0.1) is 11.6 Å². The van der Waals surface area contributed by atoms with E-state index in [0.29, 0.717) is 5.69 Å². The standard InChI is InChI=1S/C15H11F2NO/c16-12-4-1-11(2-5-12)3-10-15(19)18-14-8-6-13(17)7-9-14/h1-10H,(H,18,19). The molecule has 0 radical (unpaired) electrons. The van der Waals surface area contributed by atoms with E-state index in [1.54, 1.807) is 18.2 Å². The molecule has 19 heavy (non-hydrogen) atoms. The number of carbonyl (C=O) groups is 1. The summed E-state index contributed by atoms with van der Waals surface area (Å²) in [5.74, 6) is -1.02. The Morgan fingerprint density at radius 2 is 1.42 bits per heavy atom. The Labute approximate surface area is 109 Å². The summed E-state index contributed by atoms with van der Waals surface area (Å²) in [6.45, 7) is 0. The third kappa shape index (κ3) is 4.03. The normalized spacial score (nSPS) is 10.6. The van der Waals surface area contributed by atoms with E-state index in [4.69, 9.17) is 0 Å². The van der Waals surface area contributed by atoms with Gasteiger partial charge in [-0.1, -0.05) is 12.1 Å². The highest BCUT2D eigenvalue weighted by Crippen LogP contribution is 2.09. The fraction of sp³-hybridized carbons (Fsp3) is 0. The van der Waals surface area contributed by atoms with Gasteiger partial charge in [0.05, 0.1) is 0 Å². The van der Waals surface area contributed by atoms with Crippen LogP contribution in [0.5, 0.6) is 0 Å². The average Bonchev–Trinajstić information content (AvgIpc) is 2.41. The topological polar surface area (TPSA) is 29.1 Å². The van der Waals surface area contributed by atoms with Crippen LogP contribution < -0.4 is 5.32 Å². The van der Waals surface area contributed by atoms with Crippen molar-refractivity contribution in [3.8, 4) is 0 Å². The molecule has 0 fully saturated rings. The van der Waals surface area contributed by atoms with E-state index in [9.17, 15) is 13.6 Å². The minimum Gasteiger partial charge on any atom is -0.323 e. The predicted molar refractivity (Wildman–Crippen MR) is 70.5 cm³/mol. The maximum Gasteiger partial charge on any atom is 0.248 e. The number of carbonyl (C=O) groups excluding carboxylic acids is 1. The molecule has 0 aliphatic heterocycles. The first-order chi connectivity index (χ1) is 9.13. The molecule has 0 atom stereocenters. The molecular weight excluding hydrogens is 248 g/mol. The molecule has 0 aliphatic rings. The Morgan fingerprint density at radius 3 is 2.00 bits per heavy atom. The fourth-order valence-electron chi connectivity index (χ4n) is 1.46. The second kappa shape index (κ2) is 5.91. The van der Waals surface area contributed by atoms with Gasteiger partial charge >= 0.3 is 0 Å². The molecule has 2 aromatic rings. The fourth-order valence-corrected chi connectivity index (χ4v) is 1.46. The van der Waals surface area contributed by atoms with Gasteiger partial charge in [-0.05, 0) is 48.0 Å². The van der Waals surface area contributed by atoms with Gasteiger partial charge < -0.3 is 5.32 Å². The molecule has 2 aromatic carbocycles. The van der Waals surface area contributed by atoms with Crippen LogP contribution in [0.25, 0.3) is 6.08 Å². The van der Waals surface area contributed by atoms with E-state index in [1.807, 2.05) is 0 Å². The first-order valence-electron chi connectivity index (χ1n) is 5.64. The highest BCUT2D eigenvalue weighted by molar-refractivity contribution is 6.01. The van der Waals surface area contributed by atoms with Crippen LogP contribution in [0.4, 0.5) is 14.5 Å². The second-order valence-corrected chi connectivity index (χ2v) is 3.88. The second-order valence-electron chi connectivity index (χ2n) is 3.88. The number of benzene rings is 2. The minimum absolute atomic E-state index is 0.326. The molecule has 0 aromatic heterocycles. The first-order valence-corrected chi connectivity index (χ1v) is 5.64. The zero-order chi connectivity index (χ0) is 13.7. The summed E-state index contributed by atoms with van der Waals surface area (Å²) in [5.41, 5.74) is 1.23. The summed E-state index contributed by atoms with van der Waals surface area (Å²) in [6, 6.07) is 11.2. The molecular formula is C15H11F2NO. The van der Waals surface area contributed by atoms with E-state index < -0.39 is 0 Å². The zero-order valence-electron chi connectivity index (χ0n) is 9.94. The van der Waals surface area contributed by atoms with E-state index in [0.717, 1.165) is 5.56 Å². The molecule has 0 saturated carbocycles. The molecule has 2 nitrogen and oxygen atoms in total. The van der Waals surface area contributed by atoms with Gasteiger partial charge in [-0.15, -0.1) is 0 Å². The summed E-state index contributed by atoms with van der Waals surface area (Å²) in [4.78, 5) is 11.6. The third-order valence-corrected chi connectivity index (χ3v) is 2.41. The van der Waals surface area contributed by atoms with Gasteiger partial charge in [0.15, 0.2) is 0 Å². The monoisotopic (exact) mass is 259 g/mol. The number of halogens is 2. The molecule has 1 N–H and O–H groups in total. The maximum absolute atomic E-state index is 12.7. The van der Waals surface area contributed by atoms with Crippen molar-refractivity contribution in [2.45, 2.75) is 0 Å². The Morgan fingerprint density at radius 1 is 0.895 bits per heavy atom. The van der Waals surface area contributed by atoms with Gasteiger partial charge in [0.1, 0.15) is 11.6 Å². The molecule has 1 amide bonds. The van der Waals surface area contributed by atoms with Crippen LogP contribution in [0.15, 0.2) is 54.6 Å². The Kier molecular flexibility index (Phi) is 4.03. The van der Waals surface area contributed by atoms with Crippen molar-refractivity contribution >= 4 is 17.7 Å². The van der Waals surface area contributed by atoms with E-state index in [-0.39, 0.29) is 17.5 Å². The van der Waals surface area contributed by atoms with Gasteiger partial charge in [0, 0.05) is 11.8 Å². The maximum atomic E-state index is 12.7. The summed E-state index contributed by atoms with van der Waals surface area (Å²) in [6.07, 6.45) is 2.90. The average molecular weight is 259 g/mol. The van der Waals surface area contributed by atoms with Gasteiger partial charge in [-0.25, -0.2) is 8.78 Å². The molecule has 0 unspecified atom stereocenters. The summed E-state index contributed by atoms with van der Waals surface area (Å²) in [5, 5.41) is 2.58. The SMILES string of the molecule is O=C(C=Cc1ccc(F)cc1)Nc1ccc(F)cc1. The van der Waals surface area contributed by atoms with Gasteiger partial charge in [0.2, 0.25) is 5.91 Å². The van der Waals surface area contributed by atoms with Crippen molar-refractivity contribution in [1.82, 2.24) is 0 Å². The van der Waals surface area contributed by atoms with Crippen LogP contribution in [0.1, 0.15) is 5.56 Å². The number of nitrogens with one attached hydrogen (secondary N) is 1. The zero-order valence-corrected chi connectivity index (χ0v) is 9.94. The van der Waals surface area contributed by atoms with Crippen molar-refractivity contribution in [2.24, 2.45) is 0 Å². The number of hydrogen-bond acceptors (Lipinski definition) is 1. The lowest BCUT2D eigenvalue weighted by Gasteiger charge is -2.01. The number of anilines is 1. The molecule has 0 heterocycles. The van der Waals surface area contributed by atoms with Crippen LogP contribution in [0.2, 0.25) is 0 Å². The largest absolute Gasteiger partial charge is 0.323 e. The molecule has 96 valence electrons. The van der Waals surface area contributed by atoms with Gasteiger partial charge in [-0.3, -0.25) is 4.79 Å². The number of rotatable bonds is 3. The third-order valence-electron chi connectivity index (χ3n) is 2.41. The van der Waals surface area contributed by atoms with E-state index in [1.165, 1.54) is 42.5 Å².